The molecule has 0 aromatic heterocycles. The van der Waals surface area contributed by atoms with Gasteiger partial charge in [0.2, 0.25) is 0 Å². The highest BCUT2D eigenvalue weighted by atomic mass is 16.6. The number of hydrogen-bond donors (Lipinski definition) is 1. The number of carbonyl (C=O) groups is 2. The van der Waals surface area contributed by atoms with E-state index >= 15 is 0 Å². The van der Waals surface area contributed by atoms with E-state index in [4.69, 9.17) is 4.74 Å². The summed E-state index contributed by atoms with van der Waals surface area (Å²) in [7, 11) is 0. The van der Waals surface area contributed by atoms with Gasteiger partial charge in [-0.15, -0.1) is 0 Å². The molecule has 0 aromatic rings. The van der Waals surface area contributed by atoms with Crippen LogP contribution in [0.5, 0.6) is 0 Å². The van der Waals surface area contributed by atoms with Crippen LogP contribution in [0.3, 0.4) is 0 Å². The lowest BCUT2D eigenvalue weighted by Gasteiger charge is -2.28. The number of rotatable bonds is 2. The van der Waals surface area contributed by atoms with Crippen LogP contribution in [0.15, 0.2) is 0 Å². The van der Waals surface area contributed by atoms with Gasteiger partial charge in [-0.05, 0) is 34.6 Å². The van der Waals surface area contributed by atoms with E-state index in [1.165, 1.54) is 6.92 Å². The zero-order chi connectivity index (χ0) is 11.6. The second kappa shape index (κ2) is 3.98. The van der Waals surface area contributed by atoms with Gasteiger partial charge in [-0.3, -0.25) is 9.59 Å². The zero-order valence-electron chi connectivity index (χ0n) is 9.72. The quantitative estimate of drug-likeness (QED) is 0.684. The topological polar surface area (TPSA) is 55.4 Å². The van der Waals surface area contributed by atoms with Gasteiger partial charge in [0, 0.05) is 12.5 Å². The Labute approximate surface area is 85.0 Å². The number of esters is 1. The molecule has 0 radical (unpaired) electrons. The fourth-order valence-electron chi connectivity index (χ4n) is 0.897. The summed E-state index contributed by atoms with van der Waals surface area (Å²) in [5, 5.41) is 2.75. The van der Waals surface area contributed by atoms with Crippen molar-refractivity contribution in [2.24, 2.45) is 0 Å². The number of ether oxygens (including phenoxy) is 1. The molecule has 4 heteroatoms. The predicted octanol–water partition coefficient (Wildman–Crippen LogP) is 1.24. The van der Waals surface area contributed by atoms with Crippen LogP contribution < -0.4 is 5.32 Å². The molecule has 0 aliphatic heterocycles. The standard InChI is InChI=1S/C10H19NO3/c1-7(12)14-10(5,6)8(13)11-9(2,3)4/h1-6H3,(H,11,13). The van der Waals surface area contributed by atoms with Crippen LogP contribution in [0.4, 0.5) is 0 Å². The fraction of sp³-hybridized carbons (Fsp3) is 0.800. The molecule has 0 bridgehead atoms. The van der Waals surface area contributed by atoms with Crippen LogP contribution in [0.2, 0.25) is 0 Å². The van der Waals surface area contributed by atoms with Gasteiger partial charge in [-0.1, -0.05) is 0 Å². The van der Waals surface area contributed by atoms with Crippen molar-refractivity contribution in [3.05, 3.63) is 0 Å². The average Bonchev–Trinajstić information content (AvgIpc) is 1.79. The molecule has 0 spiro atoms. The summed E-state index contributed by atoms with van der Waals surface area (Å²) >= 11 is 0. The van der Waals surface area contributed by atoms with Crippen molar-refractivity contribution in [2.75, 3.05) is 0 Å². The van der Waals surface area contributed by atoms with Gasteiger partial charge in [-0.25, -0.2) is 0 Å². The summed E-state index contributed by atoms with van der Waals surface area (Å²) in [5.74, 6) is -0.751. The SMILES string of the molecule is CC(=O)OC(C)(C)C(=O)NC(C)(C)C. The Balaban J connectivity index is 4.44. The highest BCUT2D eigenvalue weighted by Crippen LogP contribution is 2.12. The van der Waals surface area contributed by atoms with E-state index in [0.717, 1.165) is 0 Å². The van der Waals surface area contributed by atoms with Crippen LogP contribution in [0.25, 0.3) is 0 Å². The molecule has 0 saturated carbocycles. The van der Waals surface area contributed by atoms with E-state index in [1.807, 2.05) is 20.8 Å². The third-order valence-corrected chi connectivity index (χ3v) is 1.43. The number of amides is 1. The normalized spacial score (nSPS) is 12.1. The summed E-state index contributed by atoms with van der Waals surface area (Å²) in [5.41, 5.74) is -1.44. The van der Waals surface area contributed by atoms with Gasteiger partial charge in [0.25, 0.3) is 5.91 Å². The molecule has 0 saturated heterocycles. The van der Waals surface area contributed by atoms with Crippen molar-refractivity contribution in [3.8, 4) is 0 Å². The van der Waals surface area contributed by atoms with Crippen LogP contribution in [-0.2, 0) is 14.3 Å². The molecular weight excluding hydrogens is 182 g/mol. The number of carbonyl (C=O) groups excluding carboxylic acids is 2. The van der Waals surface area contributed by atoms with Gasteiger partial charge < -0.3 is 10.1 Å². The molecule has 14 heavy (non-hydrogen) atoms. The van der Waals surface area contributed by atoms with Gasteiger partial charge in [-0.2, -0.15) is 0 Å². The Morgan fingerprint density at radius 2 is 1.50 bits per heavy atom. The van der Waals surface area contributed by atoms with Crippen molar-refractivity contribution in [1.82, 2.24) is 5.32 Å². The first-order chi connectivity index (χ1) is 6.04. The molecule has 0 aliphatic carbocycles. The molecule has 0 unspecified atom stereocenters. The summed E-state index contributed by atoms with van der Waals surface area (Å²) in [6, 6.07) is 0. The molecule has 4 nitrogen and oxygen atoms in total. The maximum Gasteiger partial charge on any atom is 0.303 e. The Kier molecular flexibility index (Phi) is 3.68. The summed E-state index contributed by atoms with van der Waals surface area (Å²) in [4.78, 5) is 22.4. The summed E-state index contributed by atoms with van der Waals surface area (Å²) < 4.78 is 4.89. The van der Waals surface area contributed by atoms with Crippen molar-refractivity contribution in [3.63, 3.8) is 0 Å². The average molecular weight is 201 g/mol. The first-order valence-electron chi connectivity index (χ1n) is 4.57. The first kappa shape index (κ1) is 12.9. The molecule has 1 N–H and O–H groups in total. The second-order valence-electron chi connectivity index (χ2n) is 4.81. The first-order valence-corrected chi connectivity index (χ1v) is 4.57. The van der Waals surface area contributed by atoms with E-state index in [-0.39, 0.29) is 11.4 Å². The van der Waals surface area contributed by atoms with Crippen molar-refractivity contribution < 1.29 is 14.3 Å². The molecule has 0 aliphatic rings. The highest BCUT2D eigenvalue weighted by molar-refractivity contribution is 5.87. The van der Waals surface area contributed by atoms with Crippen molar-refractivity contribution in [1.29, 1.82) is 0 Å². The molecule has 0 atom stereocenters. The molecule has 0 aromatic carbocycles. The van der Waals surface area contributed by atoms with E-state index in [1.54, 1.807) is 13.8 Å². The predicted molar refractivity (Wildman–Crippen MR) is 53.7 cm³/mol. The fourth-order valence-corrected chi connectivity index (χ4v) is 0.897. The van der Waals surface area contributed by atoms with Crippen LogP contribution in [0, 0.1) is 0 Å². The Bertz CT molecular complexity index is 238. The molecule has 0 heterocycles. The Morgan fingerprint density at radius 1 is 1.07 bits per heavy atom. The maximum atomic E-state index is 11.6. The van der Waals surface area contributed by atoms with Gasteiger partial charge in [0.15, 0.2) is 5.60 Å². The minimum absolute atomic E-state index is 0.291. The minimum Gasteiger partial charge on any atom is -0.450 e. The second-order valence-corrected chi connectivity index (χ2v) is 4.81. The third-order valence-electron chi connectivity index (χ3n) is 1.43. The Hall–Kier alpha value is -1.06. The third kappa shape index (κ3) is 4.84. The maximum absolute atomic E-state index is 11.6. The van der Waals surface area contributed by atoms with Crippen LogP contribution in [-0.4, -0.2) is 23.0 Å². The van der Waals surface area contributed by atoms with Gasteiger partial charge >= 0.3 is 5.97 Å². The monoisotopic (exact) mass is 201 g/mol. The lowest BCUT2D eigenvalue weighted by Crippen LogP contribution is -2.51. The van der Waals surface area contributed by atoms with Crippen molar-refractivity contribution >= 4 is 11.9 Å². The molecular formula is C10H19NO3. The van der Waals surface area contributed by atoms with E-state index in [9.17, 15) is 9.59 Å². The van der Waals surface area contributed by atoms with Crippen molar-refractivity contribution in [2.45, 2.75) is 52.7 Å². The van der Waals surface area contributed by atoms with E-state index in [0.29, 0.717) is 0 Å². The van der Waals surface area contributed by atoms with E-state index in [2.05, 4.69) is 5.32 Å². The number of nitrogens with one attached hydrogen (secondary N) is 1. The molecule has 0 fully saturated rings. The lowest BCUT2D eigenvalue weighted by atomic mass is 10.0. The molecule has 1 amide bonds. The van der Waals surface area contributed by atoms with Crippen LogP contribution >= 0.6 is 0 Å². The molecule has 82 valence electrons. The minimum atomic E-state index is -1.11. The van der Waals surface area contributed by atoms with Gasteiger partial charge in [0.1, 0.15) is 0 Å². The highest BCUT2D eigenvalue weighted by Gasteiger charge is 2.33. The molecule has 0 rings (SSSR count). The summed E-state index contributed by atoms with van der Waals surface area (Å²) in [6.45, 7) is 10.0. The number of hydrogen-bond acceptors (Lipinski definition) is 3. The van der Waals surface area contributed by atoms with E-state index < -0.39 is 11.6 Å². The largest absolute Gasteiger partial charge is 0.450 e. The zero-order valence-corrected chi connectivity index (χ0v) is 9.72. The smallest absolute Gasteiger partial charge is 0.303 e. The van der Waals surface area contributed by atoms with Crippen LogP contribution in [0.1, 0.15) is 41.5 Å². The van der Waals surface area contributed by atoms with Gasteiger partial charge in [0.05, 0.1) is 0 Å². The Morgan fingerprint density at radius 3 is 1.79 bits per heavy atom. The summed E-state index contributed by atoms with van der Waals surface area (Å²) in [6.07, 6.45) is 0. The lowest BCUT2D eigenvalue weighted by molar-refractivity contribution is -0.163.